The number of carbonyl (C=O) groups is 13. The van der Waals surface area contributed by atoms with Crippen LogP contribution in [0.3, 0.4) is 0 Å². The number of likely N-dealkylation sites (N-methyl/N-ethyl adjacent to an activating group) is 1. The van der Waals surface area contributed by atoms with Crippen molar-refractivity contribution >= 4 is 113 Å². The number of hydrogen-bond donors (Lipinski definition) is 32. The van der Waals surface area contributed by atoms with Gasteiger partial charge in [0.2, 0.25) is 65.0 Å². The van der Waals surface area contributed by atoms with Crippen molar-refractivity contribution in [2.24, 2.45) is 57.3 Å². The van der Waals surface area contributed by atoms with Crippen LogP contribution in [0, 0.1) is 43.9 Å². The van der Waals surface area contributed by atoms with Crippen molar-refractivity contribution in [2.45, 2.75) is 221 Å². The predicted molar refractivity (Wildman–Crippen MR) is 483 cm³/mol. The van der Waals surface area contributed by atoms with Gasteiger partial charge in [0, 0.05) is 84.7 Å². The lowest BCUT2D eigenvalue weighted by atomic mass is 10.0. The molecule has 0 bridgehead atoms. The first-order valence-corrected chi connectivity index (χ1v) is 42.9. The van der Waals surface area contributed by atoms with E-state index in [0.29, 0.717) is 24.3 Å². The lowest BCUT2D eigenvalue weighted by Gasteiger charge is -2.28. The minimum absolute atomic E-state index is 0.0149. The van der Waals surface area contributed by atoms with E-state index in [4.69, 9.17) is 94.5 Å². The van der Waals surface area contributed by atoms with Gasteiger partial charge in [0.15, 0.2) is 42.0 Å². The van der Waals surface area contributed by atoms with Crippen molar-refractivity contribution in [2.75, 3.05) is 66.5 Å². The Balaban J connectivity index is 1.94. The highest BCUT2D eigenvalue weighted by molar-refractivity contribution is 6.00. The van der Waals surface area contributed by atoms with E-state index in [2.05, 4.69) is 95.4 Å². The number of ether oxygens (including phenoxy) is 1. The van der Waals surface area contributed by atoms with Crippen molar-refractivity contribution in [3.8, 4) is 11.9 Å². The number of hydrogen-bond acceptors (Lipinski definition) is 26. The summed E-state index contributed by atoms with van der Waals surface area (Å²) in [4.78, 5) is 183. The molecule has 0 radical (unpaired) electrons. The number of nitrogens with two attached hydrogens (primary N) is 10. The molecule has 0 aliphatic carbocycles. The number of guanidine groups is 6. The van der Waals surface area contributed by atoms with Crippen molar-refractivity contribution in [3.63, 3.8) is 0 Å². The SMILES string of the molecule is CN(C#N)N(C)C(=O)[C@H](Cc1ccccc1)NC(=O)c1ccc(OCc2cn(CCCC(=O)N[C@@H](CCCNC(=N)N)C(=O)N[C@@H](CCCCN)C(=O)N[C@@H](CCCCN)C(=O)N[C@@H](CCCNC(=N)N)C(=O)N[C@@H](CCCNC(=N)N)C(=O)N[C@@H](CCC(N)=O)C(=O)N[C@@H](CCCNC(=N)N)C(=O)N[C@@H](CCCNC(=N)N)C(=O)N[C@@H](CCCNC(=N)N)C(N)=O)nn2)cc1. The number of aryl methyl sites for hydroxylation is 1. The van der Waals surface area contributed by atoms with E-state index in [9.17, 15) is 67.6 Å². The Bertz CT molecular complexity index is 4290. The molecular formula is C79H134N38O14. The maximum absolute atomic E-state index is 14.9. The van der Waals surface area contributed by atoms with Crippen LogP contribution in [0.1, 0.15) is 163 Å². The van der Waals surface area contributed by atoms with Gasteiger partial charge in [-0.25, -0.2) is 10.0 Å². The van der Waals surface area contributed by atoms with E-state index in [1.807, 2.05) is 24.4 Å². The Morgan fingerprint density at radius 3 is 1.08 bits per heavy atom. The van der Waals surface area contributed by atoms with Gasteiger partial charge in [-0.3, -0.25) is 99.5 Å². The van der Waals surface area contributed by atoms with E-state index in [1.54, 1.807) is 30.5 Å². The van der Waals surface area contributed by atoms with Gasteiger partial charge in [0.05, 0.1) is 6.20 Å². The maximum Gasteiger partial charge on any atom is 0.264 e. The van der Waals surface area contributed by atoms with Gasteiger partial charge in [0.25, 0.3) is 11.8 Å². The van der Waals surface area contributed by atoms with Gasteiger partial charge in [-0.15, -0.1) is 5.10 Å². The molecule has 2 aromatic carbocycles. The molecular weight excluding hydrogens is 1710 g/mol. The second-order valence-electron chi connectivity index (χ2n) is 30.6. The van der Waals surface area contributed by atoms with Crippen LogP contribution in [0.2, 0.25) is 0 Å². The van der Waals surface area contributed by atoms with E-state index in [1.165, 1.54) is 30.9 Å². The summed E-state index contributed by atoms with van der Waals surface area (Å²) in [7, 11) is 2.84. The zero-order valence-electron chi connectivity index (χ0n) is 74.1. The molecule has 0 spiro atoms. The van der Waals surface area contributed by atoms with Crippen LogP contribution >= 0.6 is 0 Å². The first-order chi connectivity index (χ1) is 62.3. The molecule has 42 N–H and O–H groups in total. The molecule has 3 aromatic rings. The number of nitriles is 1. The molecule has 13 amide bonds. The van der Waals surface area contributed by atoms with Crippen molar-refractivity contribution in [1.29, 1.82) is 37.7 Å². The molecule has 0 aliphatic rings. The van der Waals surface area contributed by atoms with E-state index >= 15 is 0 Å². The normalized spacial score (nSPS) is 13.0. The summed E-state index contributed by atoms with van der Waals surface area (Å²) in [5.74, 6) is -13.2. The Hall–Kier alpha value is -14.7. The van der Waals surface area contributed by atoms with E-state index < -0.39 is 174 Å². The monoisotopic (exact) mass is 1840 g/mol. The minimum atomic E-state index is -1.74. The third kappa shape index (κ3) is 46.6. The second-order valence-corrected chi connectivity index (χ2v) is 30.6. The topological polar surface area (TPSA) is 888 Å². The Morgan fingerprint density at radius 1 is 0.412 bits per heavy atom. The molecule has 0 aliphatic heterocycles. The molecule has 0 unspecified atom stereocenters. The zero-order chi connectivity index (χ0) is 97.3. The molecule has 52 nitrogen and oxygen atoms in total. The predicted octanol–water partition coefficient (Wildman–Crippen LogP) is -8.28. The smallest absolute Gasteiger partial charge is 0.264 e. The van der Waals surface area contributed by atoms with Gasteiger partial charge >= 0.3 is 0 Å². The van der Waals surface area contributed by atoms with Gasteiger partial charge in [-0.1, -0.05) is 35.5 Å². The van der Waals surface area contributed by atoms with Crippen molar-refractivity contribution < 1.29 is 67.1 Å². The van der Waals surface area contributed by atoms with Gasteiger partial charge < -0.3 is 147 Å². The molecule has 0 saturated carbocycles. The average molecular weight is 1840 g/mol. The van der Waals surface area contributed by atoms with Crippen LogP contribution in [0.4, 0.5) is 0 Å². The number of rotatable bonds is 66. The number of primary amides is 2. The molecule has 1 heterocycles. The molecule has 131 heavy (non-hydrogen) atoms. The molecule has 1 aromatic heterocycles. The molecule has 52 heteroatoms. The van der Waals surface area contributed by atoms with Crippen LogP contribution in [0.15, 0.2) is 60.8 Å². The number of aromatic nitrogens is 3. The van der Waals surface area contributed by atoms with Gasteiger partial charge in [-0.2, -0.15) is 5.26 Å². The highest BCUT2D eigenvalue weighted by Gasteiger charge is 2.37. The Kier molecular flexibility index (Phi) is 52.0. The van der Waals surface area contributed by atoms with E-state index in [-0.39, 0.29) is 205 Å². The fourth-order valence-electron chi connectivity index (χ4n) is 12.8. The van der Waals surface area contributed by atoms with Crippen LogP contribution in [0.25, 0.3) is 0 Å². The summed E-state index contributed by atoms with van der Waals surface area (Å²) in [5.41, 5.74) is 57.5. The molecule has 724 valence electrons. The number of benzene rings is 2. The number of unbranched alkanes of at least 4 members (excludes halogenated alkanes) is 2. The summed E-state index contributed by atoms with van der Waals surface area (Å²) in [6.45, 7) is 0.646. The van der Waals surface area contributed by atoms with Crippen molar-refractivity contribution in [3.05, 3.63) is 77.6 Å². The summed E-state index contributed by atoms with van der Waals surface area (Å²) >= 11 is 0. The minimum Gasteiger partial charge on any atom is -0.487 e. The van der Waals surface area contributed by atoms with Gasteiger partial charge in [-0.05, 0) is 171 Å². The first kappa shape index (κ1) is 110. The standard InChI is InChI=1S/C79H134N38O14/c1-115(46-82)116(2)73(130)60(43-47-17-4-3-5-18-47)112-64(121)48-28-30-50(31-29-48)131-45-49-44-117(114-113-49)42-16-27-62(119)103-52(22-11-37-98-75(87)88)65(122)105-53(19-6-8-34-80)67(124)106-54(20-7-9-35-81)68(125)108-56(24-13-39-100-77(91)92)69(126)109-58(26-15-41-102-79(95)96)71(128)111-59(32-33-61(83)118)72(129)110-57(25-14-40-101-78(93)94)70(127)107-55(23-12-38-99-76(89)90)66(123)104-51(63(84)120)21-10-36-97-74(85)86/h3-5,17-18,28-31,44,51-60H,6-16,19-27,32-43,45,80-81H2,1-2H3,(H2,83,118)(H2,84,120)(H,103,119)(H,104,123)(H,105,122)(H,106,124)(H,107,127)(H,108,125)(H,109,126)(H,110,129)(H,111,128)(H,112,121)(H4,85,86,97)(H4,87,88,98)(H4,89,90,99)(H4,91,92,100)(H4,93,94,101)(H4,95,96,102)/t51-,52-,53-,54-,55-,56-,57-,58-,59-,60-/m0/s1. The summed E-state index contributed by atoms with van der Waals surface area (Å²) in [5, 5.41) is 108. The van der Waals surface area contributed by atoms with Crippen molar-refractivity contribution in [1.82, 2.24) is 110 Å². The van der Waals surface area contributed by atoms with E-state index in [0.717, 1.165) is 15.6 Å². The van der Waals surface area contributed by atoms with Gasteiger partial charge in [0.1, 0.15) is 78.5 Å². The molecule has 0 saturated heterocycles. The zero-order valence-corrected chi connectivity index (χ0v) is 74.1. The lowest BCUT2D eigenvalue weighted by Crippen LogP contribution is -2.60. The summed E-state index contributed by atoms with van der Waals surface area (Å²) in [6.07, 6.45) is 3.26. The highest BCUT2D eigenvalue weighted by Crippen LogP contribution is 2.18. The van der Waals surface area contributed by atoms with Crippen LogP contribution in [-0.2, 0) is 77.1 Å². The third-order valence-electron chi connectivity index (χ3n) is 19.9. The highest BCUT2D eigenvalue weighted by atomic mass is 16.5. The summed E-state index contributed by atoms with van der Waals surface area (Å²) in [6, 6.07) is 0.816. The third-order valence-corrected chi connectivity index (χ3v) is 19.9. The lowest BCUT2D eigenvalue weighted by molar-refractivity contribution is -0.141. The fraction of sp³-hybridized carbons (Fsp3) is 0.570. The quantitative estimate of drug-likeness (QED) is 0.00623. The largest absolute Gasteiger partial charge is 0.487 e. The number of amides is 13. The molecule has 3 rings (SSSR count). The number of carbonyl (C=O) groups excluding carboxylic acids is 13. The molecule has 0 fully saturated rings. The summed E-state index contributed by atoms with van der Waals surface area (Å²) < 4.78 is 7.41. The van der Waals surface area contributed by atoms with Crippen LogP contribution in [-0.4, -0.2) is 264 Å². The fourth-order valence-corrected chi connectivity index (χ4v) is 12.8. The number of nitrogens with zero attached hydrogens (tertiary/aromatic N) is 6. The van der Waals surface area contributed by atoms with Crippen LogP contribution < -0.4 is 147 Å². The maximum atomic E-state index is 14.9. The Morgan fingerprint density at radius 2 is 0.748 bits per heavy atom. The first-order valence-electron chi connectivity index (χ1n) is 42.9. The second kappa shape index (κ2) is 61.7. The number of hydrazine groups is 1. The average Bonchev–Trinajstić information content (AvgIpc) is 1.49. The van der Waals surface area contributed by atoms with Crippen LogP contribution in [0.5, 0.6) is 5.75 Å². The Labute approximate surface area is 758 Å². The number of nitrogens with one attached hydrogen (secondary N) is 22. The molecule has 10 atom stereocenters.